The minimum atomic E-state index is -0.653. The number of rotatable bonds is 9. The van der Waals surface area contributed by atoms with Crippen molar-refractivity contribution in [2.75, 3.05) is 0 Å². The monoisotopic (exact) mass is 770 g/mol. The van der Waals surface area contributed by atoms with Crippen LogP contribution < -0.4 is 10.6 Å². The Kier molecular flexibility index (Phi) is 8.88. The lowest BCUT2D eigenvalue weighted by atomic mass is 9.37. The molecule has 8 saturated carbocycles. The Morgan fingerprint density at radius 3 is 1.25 bits per heavy atom. The predicted octanol–water partition coefficient (Wildman–Crippen LogP) is 13.8. The normalized spacial score (nSPS) is 32.2. The Morgan fingerprint density at radius 2 is 0.857 bits per heavy atom. The first-order chi connectivity index (χ1) is 27.3. The molecule has 0 amide bonds. The molecule has 56 heavy (non-hydrogen) atoms. The SMILES string of the molecule is Cc1ccccc1P(Cc1cc(-c2ccccc2)c(-c2ccccc2)cc1C(P)(C12CC3CC(CC(C3)C1)C2)C12CC3CC(CC(C3)C1)C2)c1ccccc1C. The van der Waals surface area contributed by atoms with E-state index in [0.717, 1.165) is 41.7 Å². The third-order valence-corrected chi connectivity index (χ3v) is 21.1. The van der Waals surface area contributed by atoms with Crippen molar-refractivity contribution in [2.24, 2.45) is 46.3 Å². The Balaban J connectivity index is 1.21. The summed E-state index contributed by atoms with van der Waals surface area (Å²) in [6.07, 6.45) is 18.8. The lowest BCUT2D eigenvalue weighted by molar-refractivity contribution is -0.158. The molecule has 5 aromatic rings. The second-order valence-electron chi connectivity index (χ2n) is 20.1. The molecule has 1 unspecified atom stereocenters. The second-order valence-corrected chi connectivity index (χ2v) is 23.2. The van der Waals surface area contributed by atoms with Crippen molar-refractivity contribution in [1.82, 2.24) is 0 Å². The van der Waals surface area contributed by atoms with Crippen LogP contribution in [0.4, 0.5) is 0 Å². The van der Waals surface area contributed by atoms with Crippen molar-refractivity contribution in [2.45, 2.75) is 102 Å². The molecule has 8 bridgehead atoms. The van der Waals surface area contributed by atoms with Gasteiger partial charge in [-0.15, -0.1) is 9.24 Å². The van der Waals surface area contributed by atoms with Crippen LogP contribution in [0.15, 0.2) is 121 Å². The maximum Gasteiger partial charge on any atom is 0.0213 e. The van der Waals surface area contributed by atoms with Gasteiger partial charge in [-0.3, -0.25) is 0 Å². The summed E-state index contributed by atoms with van der Waals surface area (Å²) in [6.45, 7) is 4.73. The van der Waals surface area contributed by atoms with E-state index in [4.69, 9.17) is 0 Å². The lowest BCUT2D eigenvalue weighted by Gasteiger charge is -2.72. The molecule has 8 fully saturated rings. The van der Waals surface area contributed by atoms with Crippen molar-refractivity contribution >= 4 is 27.8 Å². The van der Waals surface area contributed by atoms with E-state index in [1.54, 1.807) is 21.7 Å². The molecule has 13 rings (SSSR count). The zero-order valence-electron chi connectivity index (χ0n) is 33.7. The molecule has 8 aliphatic carbocycles. The van der Waals surface area contributed by atoms with Gasteiger partial charge in [-0.05, 0) is 212 Å². The molecular weight excluding hydrogens is 711 g/mol. The third kappa shape index (κ3) is 5.73. The first kappa shape index (κ1) is 36.1. The molecule has 0 saturated heterocycles. The molecule has 5 aromatic carbocycles. The van der Waals surface area contributed by atoms with E-state index in [2.05, 4.69) is 144 Å². The van der Waals surface area contributed by atoms with Crippen molar-refractivity contribution in [3.05, 3.63) is 144 Å². The molecule has 2 heteroatoms. The van der Waals surface area contributed by atoms with Crippen LogP contribution >= 0.6 is 17.2 Å². The van der Waals surface area contributed by atoms with Gasteiger partial charge in [0.25, 0.3) is 0 Å². The predicted molar refractivity (Wildman–Crippen MR) is 242 cm³/mol. The largest absolute Gasteiger partial charge is 0.125 e. The zero-order chi connectivity index (χ0) is 37.6. The van der Waals surface area contributed by atoms with Gasteiger partial charge in [0.05, 0.1) is 0 Å². The summed E-state index contributed by atoms with van der Waals surface area (Å²) < 4.78 is 0. The highest BCUT2D eigenvalue weighted by molar-refractivity contribution is 7.72. The average Bonchev–Trinajstić information content (AvgIpc) is 3.20. The second kappa shape index (κ2) is 13.8. The van der Waals surface area contributed by atoms with Crippen molar-refractivity contribution in [3.63, 3.8) is 0 Å². The Hall–Kier alpha value is -3.04. The molecule has 0 nitrogen and oxygen atoms in total. The summed E-state index contributed by atoms with van der Waals surface area (Å²) in [7, 11) is 3.32. The smallest absolute Gasteiger partial charge is 0.0213 e. The maximum absolute atomic E-state index is 3.97. The van der Waals surface area contributed by atoms with Crippen molar-refractivity contribution in [1.29, 1.82) is 0 Å². The average molecular weight is 771 g/mol. The van der Waals surface area contributed by atoms with E-state index in [9.17, 15) is 0 Å². The minimum absolute atomic E-state index is 0.0541. The van der Waals surface area contributed by atoms with Crippen LogP contribution in [-0.4, -0.2) is 0 Å². The summed E-state index contributed by atoms with van der Waals surface area (Å²) in [5.74, 6) is 5.54. The molecule has 0 aliphatic heterocycles. The van der Waals surface area contributed by atoms with Crippen LogP contribution in [0.1, 0.15) is 99.3 Å². The van der Waals surface area contributed by atoms with Crippen LogP contribution in [0.5, 0.6) is 0 Å². The van der Waals surface area contributed by atoms with Gasteiger partial charge in [-0.1, -0.05) is 109 Å². The molecule has 0 heterocycles. The molecule has 0 N–H and O–H groups in total. The standard InChI is InChI=1S/C54H60P2/c1-36-13-9-11-19-50(36)56(51-20-12-10-14-37(51)2)35-46-27-47(44-15-5-3-6-16-44)48(45-17-7-4-8-18-45)28-49(46)54(55,52-29-38-21-39(30-52)23-40(22-38)31-52)53-32-41-24-42(33-53)26-43(25-41)34-53/h3-20,27-28,38-43H,21-26,29-35,55H2,1-2H3. The van der Waals surface area contributed by atoms with Gasteiger partial charge in [0, 0.05) is 11.3 Å². The van der Waals surface area contributed by atoms with Gasteiger partial charge in [0.2, 0.25) is 0 Å². The Bertz CT molecular complexity index is 2090. The lowest BCUT2D eigenvalue weighted by Crippen LogP contribution is -2.64. The van der Waals surface area contributed by atoms with Crippen LogP contribution in [0.25, 0.3) is 22.3 Å². The fourth-order valence-corrected chi connectivity index (χ4v) is 19.1. The molecule has 1 atom stereocenters. The Labute approximate surface area is 340 Å². The van der Waals surface area contributed by atoms with Gasteiger partial charge in [-0.25, -0.2) is 0 Å². The van der Waals surface area contributed by atoms with Crippen molar-refractivity contribution < 1.29 is 0 Å². The maximum atomic E-state index is 3.97. The quantitative estimate of drug-likeness (QED) is 0.131. The highest BCUT2D eigenvalue weighted by atomic mass is 31.1. The third-order valence-electron chi connectivity index (χ3n) is 16.7. The van der Waals surface area contributed by atoms with Gasteiger partial charge in [-0.2, -0.15) is 0 Å². The summed E-state index contributed by atoms with van der Waals surface area (Å²) in [4.78, 5) is 0. The number of benzene rings is 5. The van der Waals surface area contributed by atoms with Crippen molar-refractivity contribution in [3.8, 4) is 22.3 Å². The summed E-state index contributed by atoms with van der Waals surface area (Å²) >= 11 is 0. The summed E-state index contributed by atoms with van der Waals surface area (Å²) in [5.41, 5.74) is 12.5. The highest BCUT2D eigenvalue weighted by Gasteiger charge is 2.69. The fourth-order valence-electron chi connectivity index (χ4n) is 15.4. The first-order valence-electron chi connectivity index (χ1n) is 22.3. The number of aryl methyl sites for hydroxylation is 2. The summed E-state index contributed by atoms with van der Waals surface area (Å²) in [5, 5.41) is 3.16. The number of hydrogen-bond acceptors (Lipinski definition) is 0. The van der Waals surface area contributed by atoms with Gasteiger partial charge in [0.1, 0.15) is 0 Å². The van der Waals surface area contributed by atoms with Crippen LogP contribution in [-0.2, 0) is 11.3 Å². The number of hydrogen-bond donors (Lipinski definition) is 0. The molecular formula is C54H60P2. The van der Waals surface area contributed by atoms with E-state index >= 15 is 0 Å². The molecule has 0 spiro atoms. The van der Waals surface area contributed by atoms with Gasteiger partial charge >= 0.3 is 0 Å². The molecule has 286 valence electrons. The summed E-state index contributed by atoms with van der Waals surface area (Å²) in [6, 6.07) is 47.3. The fraction of sp³-hybridized carbons (Fsp3) is 0.444. The van der Waals surface area contributed by atoms with E-state index in [1.165, 1.54) is 110 Å². The van der Waals surface area contributed by atoms with Crippen LogP contribution in [0.3, 0.4) is 0 Å². The first-order valence-corrected chi connectivity index (χ1v) is 24.4. The van der Waals surface area contributed by atoms with E-state index in [-0.39, 0.29) is 5.16 Å². The van der Waals surface area contributed by atoms with Gasteiger partial charge < -0.3 is 0 Å². The van der Waals surface area contributed by atoms with Gasteiger partial charge in [0.15, 0.2) is 0 Å². The molecule has 0 radical (unpaired) electrons. The Morgan fingerprint density at radius 1 is 0.500 bits per heavy atom. The topological polar surface area (TPSA) is 0 Å². The molecule has 0 aromatic heterocycles. The zero-order valence-corrected chi connectivity index (χ0v) is 35.8. The van der Waals surface area contributed by atoms with Crippen LogP contribution in [0, 0.1) is 60.2 Å². The minimum Gasteiger partial charge on any atom is -0.125 e. The van der Waals surface area contributed by atoms with E-state index in [0.29, 0.717) is 10.8 Å². The van der Waals surface area contributed by atoms with E-state index in [1.807, 2.05) is 0 Å². The highest BCUT2D eigenvalue weighted by Crippen LogP contribution is 2.78. The molecule has 8 aliphatic rings. The van der Waals surface area contributed by atoms with Crippen LogP contribution in [0.2, 0.25) is 0 Å². The van der Waals surface area contributed by atoms with E-state index < -0.39 is 7.92 Å².